The van der Waals surface area contributed by atoms with Gasteiger partial charge in [0.25, 0.3) is 0 Å². The van der Waals surface area contributed by atoms with E-state index >= 15 is 0 Å². The Balaban J connectivity index is 1.40. The van der Waals surface area contributed by atoms with Crippen LogP contribution in [0.4, 0.5) is 11.4 Å². The molecule has 2 aromatic rings. The van der Waals surface area contributed by atoms with Crippen LogP contribution in [0.15, 0.2) is 82.9 Å². The Labute approximate surface area is 228 Å². The van der Waals surface area contributed by atoms with Crippen LogP contribution < -0.4 is 0 Å². The van der Waals surface area contributed by atoms with Crippen molar-refractivity contribution < 1.29 is 21.7 Å². The minimum absolute atomic E-state index is 0.0682. The number of hydrogen-bond donors (Lipinski definition) is 0. The van der Waals surface area contributed by atoms with Crippen LogP contribution in [0.25, 0.3) is 0 Å². The van der Waals surface area contributed by atoms with Crippen LogP contribution >= 0.6 is 0 Å². The SMILES string of the molecule is O=S(=O)(/N=N/N1CCCCCC1)c1ccc(N=[N+]([O-])c2ccc(S(=O)(=O)/N=N/N3CCCCCC3)cc2)cc1. The lowest BCUT2D eigenvalue weighted by Gasteiger charge is -2.13. The van der Waals surface area contributed by atoms with Crippen molar-refractivity contribution in [3.05, 3.63) is 53.7 Å². The van der Waals surface area contributed by atoms with E-state index in [4.69, 9.17) is 0 Å². The molecule has 2 aliphatic rings. The predicted octanol–water partition coefficient (Wildman–Crippen LogP) is 5.48. The van der Waals surface area contributed by atoms with Gasteiger partial charge in [0.15, 0.2) is 0 Å². The maximum Gasteiger partial charge on any atom is 0.301 e. The summed E-state index contributed by atoms with van der Waals surface area (Å²) in [6.45, 7) is 2.68. The Morgan fingerprint density at radius 2 is 0.974 bits per heavy atom. The van der Waals surface area contributed by atoms with Gasteiger partial charge in [0.05, 0.1) is 9.79 Å². The molecule has 0 spiro atoms. The second-order valence-electron chi connectivity index (χ2n) is 9.39. The van der Waals surface area contributed by atoms with Crippen molar-refractivity contribution in [1.82, 2.24) is 10.0 Å². The molecule has 0 aliphatic carbocycles. The molecule has 2 aliphatic heterocycles. The van der Waals surface area contributed by atoms with Gasteiger partial charge in [-0.25, -0.2) is 0 Å². The van der Waals surface area contributed by atoms with E-state index in [1.807, 2.05) is 0 Å². The molecule has 15 heteroatoms. The van der Waals surface area contributed by atoms with Crippen molar-refractivity contribution in [3.8, 4) is 0 Å². The summed E-state index contributed by atoms with van der Waals surface area (Å²) in [7, 11) is -8.01. The lowest BCUT2D eigenvalue weighted by molar-refractivity contribution is -0.435. The molecule has 0 bridgehead atoms. The fraction of sp³-hybridized carbons (Fsp3) is 0.500. The monoisotopic (exact) mass is 576 g/mol. The molecule has 0 N–H and O–H groups in total. The van der Waals surface area contributed by atoms with E-state index in [0.29, 0.717) is 31.0 Å². The molecule has 13 nitrogen and oxygen atoms in total. The summed E-state index contributed by atoms with van der Waals surface area (Å²) in [6, 6.07) is 10.5. The molecule has 0 aromatic heterocycles. The van der Waals surface area contributed by atoms with Crippen LogP contribution in [0.3, 0.4) is 0 Å². The highest BCUT2D eigenvalue weighted by atomic mass is 32.2. The minimum atomic E-state index is -4.02. The molecule has 2 heterocycles. The van der Waals surface area contributed by atoms with Crippen molar-refractivity contribution in [2.24, 2.45) is 24.6 Å². The van der Waals surface area contributed by atoms with Gasteiger partial charge in [-0.15, -0.1) is 0 Å². The Hall–Kier alpha value is -3.46. The number of sulfonamides is 2. The highest BCUT2D eigenvalue weighted by molar-refractivity contribution is 7.90. The Morgan fingerprint density at radius 1 is 0.590 bits per heavy atom. The molecular weight excluding hydrogens is 544 g/mol. The maximum absolute atomic E-state index is 12.5. The van der Waals surface area contributed by atoms with E-state index in [2.05, 4.69) is 24.6 Å². The zero-order valence-corrected chi connectivity index (χ0v) is 23.2. The van der Waals surface area contributed by atoms with Gasteiger partial charge >= 0.3 is 20.0 Å². The summed E-state index contributed by atoms with van der Waals surface area (Å²) in [5.41, 5.74) is 0.290. The first-order valence-corrected chi connectivity index (χ1v) is 15.9. The van der Waals surface area contributed by atoms with Crippen LogP contribution in [0.1, 0.15) is 51.4 Å². The fourth-order valence-corrected chi connectivity index (χ4v) is 5.72. The van der Waals surface area contributed by atoms with Gasteiger partial charge in [-0.2, -0.15) is 16.8 Å². The molecular formula is C24H32N8O5S2. The van der Waals surface area contributed by atoms with Crippen LogP contribution in [0.2, 0.25) is 0 Å². The number of nitrogens with zero attached hydrogens (tertiary/aromatic N) is 8. The second kappa shape index (κ2) is 13.1. The summed E-state index contributed by atoms with van der Waals surface area (Å²) in [5, 5.41) is 27.5. The third kappa shape index (κ3) is 8.26. The summed E-state index contributed by atoms with van der Waals surface area (Å²) in [5.74, 6) is 0. The van der Waals surface area contributed by atoms with Crippen molar-refractivity contribution in [1.29, 1.82) is 0 Å². The van der Waals surface area contributed by atoms with Crippen LogP contribution in [-0.2, 0) is 20.0 Å². The van der Waals surface area contributed by atoms with Gasteiger partial charge in [-0.05, 0) is 71.1 Å². The third-order valence-electron chi connectivity index (χ3n) is 6.40. The lowest BCUT2D eigenvalue weighted by atomic mass is 10.2. The zero-order valence-electron chi connectivity index (χ0n) is 21.5. The number of rotatable bonds is 8. The maximum atomic E-state index is 12.5. The molecule has 210 valence electrons. The van der Waals surface area contributed by atoms with E-state index in [1.165, 1.54) is 48.5 Å². The van der Waals surface area contributed by atoms with Crippen LogP contribution in [0, 0.1) is 5.21 Å². The van der Waals surface area contributed by atoms with Gasteiger partial charge < -0.3 is 5.21 Å². The largest absolute Gasteiger partial charge is 0.594 e. The summed E-state index contributed by atoms with van der Waals surface area (Å²) < 4.78 is 57.2. The van der Waals surface area contributed by atoms with E-state index in [9.17, 15) is 22.0 Å². The molecule has 4 rings (SSSR count). The Kier molecular flexibility index (Phi) is 9.56. The van der Waals surface area contributed by atoms with Gasteiger partial charge in [0, 0.05) is 43.4 Å². The average molecular weight is 577 g/mol. The van der Waals surface area contributed by atoms with Crippen molar-refractivity contribution in [2.75, 3.05) is 26.2 Å². The topological polar surface area (TPSA) is 163 Å². The standard InChI is InChI=1S/C24H32N8O5S2/c33-32(22-11-15-24(16-12-22)39(36,37)29-27-31-19-7-3-4-8-20-31)25-21-9-13-23(14-10-21)38(34,35)28-26-30-17-5-1-2-6-18-30/h9-16H,1-8,17-20H2/b28-26+,29-27+,32-25?. The van der Waals surface area contributed by atoms with E-state index < -0.39 is 20.0 Å². The molecule has 0 saturated carbocycles. The molecule has 0 amide bonds. The van der Waals surface area contributed by atoms with Crippen LogP contribution in [-0.4, -0.2) is 57.9 Å². The first-order valence-electron chi connectivity index (χ1n) is 13.0. The highest BCUT2D eigenvalue weighted by Crippen LogP contribution is 2.23. The summed E-state index contributed by atoms with van der Waals surface area (Å²) in [4.78, 5) is 0.154. The lowest BCUT2D eigenvalue weighted by Crippen LogP contribution is -2.17. The summed E-state index contributed by atoms with van der Waals surface area (Å²) >= 11 is 0. The molecule has 2 saturated heterocycles. The molecule has 39 heavy (non-hydrogen) atoms. The first-order chi connectivity index (χ1) is 18.7. The smallest absolute Gasteiger partial charge is 0.301 e. The van der Waals surface area contributed by atoms with Crippen molar-refractivity contribution in [2.45, 2.75) is 61.2 Å². The summed E-state index contributed by atoms with van der Waals surface area (Å²) in [6.07, 6.45) is 8.14. The number of hydrogen-bond acceptors (Lipinski definition) is 8. The third-order valence-corrected chi connectivity index (χ3v) is 8.71. The predicted molar refractivity (Wildman–Crippen MR) is 142 cm³/mol. The Morgan fingerprint density at radius 3 is 1.38 bits per heavy atom. The normalized spacial score (nSPS) is 18.4. The molecule has 0 radical (unpaired) electrons. The second-order valence-corrected chi connectivity index (χ2v) is 12.6. The highest BCUT2D eigenvalue weighted by Gasteiger charge is 2.18. The van der Waals surface area contributed by atoms with Crippen molar-refractivity contribution >= 4 is 31.4 Å². The zero-order chi connectivity index (χ0) is 27.7. The number of azo groups is 1. The van der Waals surface area contributed by atoms with Gasteiger partial charge in [-0.3, -0.25) is 10.0 Å². The van der Waals surface area contributed by atoms with Crippen molar-refractivity contribution in [3.63, 3.8) is 0 Å². The van der Waals surface area contributed by atoms with E-state index in [-0.39, 0.29) is 21.2 Å². The van der Waals surface area contributed by atoms with E-state index in [1.54, 1.807) is 10.0 Å². The van der Waals surface area contributed by atoms with Gasteiger partial charge in [0.1, 0.15) is 5.69 Å². The average Bonchev–Trinajstić information content (AvgIpc) is 3.37. The molecule has 2 fully saturated rings. The number of benzene rings is 2. The van der Waals surface area contributed by atoms with Gasteiger partial charge in [0.2, 0.25) is 5.69 Å². The van der Waals surface area contributed by atoms with Crippen LogP contribution in [0.5, 0.6) is 0 Å². The van der Waals surface area contributed by atoms with E-state index in [0.717, 1.165) is 51.4 Å². The van der Waals surface area contributed by atoms with Gasteiger partial charge in [-0.1, -0.05) is 41.0 Å². The molecule has 2 aromatic carbocycles. The molecule has 0 atom stereocenters. The fourth-order valence-electron chi connectivity index (χ4n) is 4.17. The minimum Gasteiger partial charge on any atom is -0.594 e. The Bertz CT molecular complexity index is 1390. The molecule has 0 unspecified atom stereocenters. The quantitative estimate of drug-likeness (QED) is 0.228. The first kappa shape index (κ1) is 28.5.